The number of piperidine rings is 1. The zero-order valence-corrected chi connectivity index (χ0v) is 14.8. The summed E-state index contributed by atoms with van der Waals surface area (Å²) in [5.74, 6) is 0.712. The summed E-state index contributed by atoms with van der Waals surface area (Å²) in [7, 11) is 0. The van der Waals surface area contributed by atoms with E-state index in [1.54, 1.807) is 0 Å². The average molecular weight is 387 g/mol. The van der Waals surface area contributed by atoms with Gasteiger partial charge in [0.25, 0.3) is 0 Å². The molecule has 2 rings (SSSR count). The molecule has 1 heterocycles. The SMILES string of the molecule is CC(C)(CN=C(N)N1CCCCC1)c1ccccc1.I. The molecular formula is C16H26IN3. The van der Waals surface area contributed by atoms with E-state index in [0.29, 0.717) is 5.96 Å². The van der Waals surface area contributed by atoms with Crippen molar-refractivity contribution < 1.29 is 0 Å². The maximum absolute atomic E-state index is 6.11. The Bertz CT molecular complexity index is 423. The number of benzene rings is 1. The third-order valence-electron chi connectivity index (χ3n) is 3.87. The number of nitrogens with zero attached hydrogens (tertiary/aromatic N) is 2. The molecule has 1 aliphatic rings. The Morgan fingerprint density at radius 3 is 2.35 bits per heavy atom. The summed E-state index contributed by atoms with van der Waals surface area (Å²) in [6.45, 7) is 7.28. The molecule has 1 aliphatic heterocycles. The van der Waals surface area contributed by atoms with Crippen LogP contribution in [0, 0.1) is 0 Å². The number of rotatable bonds is 3. The molecule has 3 nitrogen and oxygen atoms in total. The van der Waals surface area contributed by atoms with E-state index in [4.69, 9.17) is 5.73 Å². The van der Waals surface area contributed by atoms with Crippen LogP contribution in [-0.2, 0) is 5.41 Å². The van der Waals surface area contributed by atoms with Gasteiger partial charge in [-0.1, -0.05) is 44.2 Å². The molecule has 0 radical (unpaired) electrons. The molecular weight excluding hydrogens is 361 g/mol. The Balaban J connectivity index is 0.00000200. The van der Waals surface area contributed by atoms with Crippen LogP contribution in [0.5, 0.6) is 0 Å². The molecule has 1 fully saturated rings. The third-order valence-corrected chi connectivity index (χ3v) is 3.87. The number of hydrogen-bond donors (Lipinski definition) is 1. The second-order valence-electron chi connectivity index (χ2n) is 5.97. The normalized spacial score (nSPS) is 16.7. The molecule has 0 aliphatic carbocycles. The molecule has 0 aromatic heterocycles. The highest BCUT2D eigenvalue weighted by Crippen LogP contribution is 2.23. The van der Waals surface area contributed by atoms with Crippen molar-refractivity contribution in [2.45, 2.75) is 38.5 Å². The largest absolute Gasteiger partial charge is 0.370 e. The first-order valence-electron chi connectivity index (χ1n) is 7.20. The minimum absolute atomic E-state index is 0. The van der Waals surface area contributed by atoms with Gasteiger partial charge in [0.1, 0.15) is 0 Å². The van der Waals surface area contributed by atoms with Crippen molar-refractivity contribution in [2.24, 2.45) is 10.7 Å². The van der Waals surface area contributed by atoms with E-state index in [1.165, 1.54) is 24.8 Å². The zero-order valence-electron chi connectivity index (χ0n) is 12.5. The molecule has 0 spiro atoms. The first kappa shape index (κ1) is 17.3. The summed E-state index contributed by atoms with van der Waals surface area (Å²) in [6, 6.07) is 10.5. The van der Waals surface area contributed by atoms with Crippen molar-refractivity contribution in [1.82, 2.24) is 4.90 Å². The minimum atomic E-state index is 0. The van der Waals surface area contributed by atoms with Crippen LogP contribution in [-0.4, -0.2) is 30.5 Å². The molecule has 1 saturated heterocycles. The number of likely N-dealkylation sites (tertiary alicyclic amines) is 1. The standard InChI is InChI=1S/C16H25N3.HI/c1-16(2,14-9-5-3-6-10-14)13-18-15(17)19-11-7-4-8-12-19;/h3,5-6,9-10H,4,7-8,11-13H2,1-2H3,(H2,17,18);1H. The molecule has 4 heteroatoms. The lowest BCUT2D eigenvalue weighted by molar-refractivity contribution is 0.337. The van der Waals surface area contributed by atoms with Gasteiger partial charge in [-0.05, 0) is 24.8 Å². The van der Waals surface area contributed by atoms with E-state index in [9.17, 15) is 0 Å². The van der Waals surface area contributed by atoms with Crippen LogP contribution < -0.4 is 5.73 Å². The predicted molar refractivity (Wildman–Crippen MR) is 96.8 cm³/mol. The number of guanidine groups is 1. The summed E-state index contributed by atoms with van der Waals surface area (Å²) in [5, 5.41) is 0. The van der Waals surface area contributed by atoms with Gasteiger partial charge in [0, 0.05) is 18.5 Å². The van der Waals surface area contributed by atoms with Gasteiger partial charge in [-0.25, -0.2) is 0 Å². The highest BCUT2D eigenvalue weighted by Gasteiger charge is 2.20. The van der Waals surface area contributed by atoms with E-state index < -0.39 is 0 Å². The highest BCUT2D eigenvalue weighted by atomic mass is 127. The Morgan fingerprint density at radius 1 is 1.15 bits per heavy atom. The summed E-state index contributed by atoms with van der Waals surface area (Å²) in [5.41, 5.74) is 7.45. The number of nitrogens with two attached hydrogens (primary N) is 1. The van der Waals surface area contributed by atoms with Crippen LogP contribution in [0.3, 0.4) is 0 Å². The molecule has 1 aromatic carbocycles. The van der Waals surface area contributed by atoms with Crippen LogP contribution in [0.4, 0.5) is 0 Å². The summed E-state index contributed by atoms with van der Waals surface area (Å²) in [4.78, 5) is 6.83. The van der Waals surface area contributed by atoms with E-state index >= 15 is 0 Å². The van der Waals surface area contributed by atoms with E-state index in [0.717, 1.165) is 19.6 Å². The molecule has 1 aromatic rings. The maximum atomic E-state index is 6.11. The van der Waals surface area contributed by atoms with Gasteiger partial charge in [-0.3, -0.25) is 4.99 Å². The molecule has 0 atom stereocenters. The Labute approximate surface area is 139 Å². The predicted octanol–water partition coefficient (Wildman–Crippen LogP) is 3.38. The first-order valence-corrected chi connectivity index (χ1v) is 7.20. The zero-order chi connectivity index (χ0) is 13.7. The van der Waals surface area contributed by atoms with Gasteiger partial charge in [-0.2, -0.15) is 0 Å². The fourth-order valence-electron chi connectivity index (χ4n) is 2.48. The smallest absolute Gasteiger partial charge is 0.191 e. The molecule has 2 N–H and O–H groups in total. The van der Waals surface area contributed by atoms with E-state index in [2.05, 4.69) is 48.0 Å². The van der Waals surface area contributed by atoms with Gasteiger partial charge in [0.15, 0.2) is 5.96 Å². The Kier molecular flexibility index (Phi) is 6.79. The summed E-state index contributed by atoms with van der Waals surface area (Å²) < 4.78 is 0. The van der Waals surface area contributed by atoms with Gasteiger partial charge >= 0.3 is 0 Å². The molecule has 0 saturated carbocycles. The molecule has 0 bridgehead atoms. The maximum Gasteiger partial charge on any atom is 0.191 e. The molecule has 20 heavy (non-hydrogen) atoms. The number of halogens is 1. The van der Waals surface area contributed by atoms with Crippen LogP contribution in [0.1, 0.15) is 38.7 Å². The van der Waals surface area contributed by atoms with Gasteiger partial charge in [-0.15, -0.1) is 24.0 Å². The van der Waals surface area contributed by atoms with Crippen molar-refractivity contribution >= 4 is 29.9 Å². The third kappa shape index (κ3) is 4.65. The van der Waals surface area contributed by atoms with Gasteiger partial charge < -0.3 is 10.6 Å². The van der Waals surface area contributed by atoms with E-state index in [-0.39, 0.29) is 29.4 Å². The van der Waals surface area contributed by atoms with Crippen LogP contribution >= 0.6 is 24.0 Å². The van der Waals surface area contributed by atoms with Crippen molar-refractivity contribution in [3.63, 3.8) is 0 Å². The Morgan fingerprint density at radius 2 is 1.75 bits per heavy atom. The highest BCUT2D eigenvalue weighted by molar-refractivity contribution is 14.0. The fraction of sp³-hybridized carbons (Fsp3) is 0.562. The van der Waals surface area contributed by atoms with E-state index in [1.807, 2.05) is 6.07 Å². The topological polar surface area (TPSA) is 41.6 Å². The van der Waals surface area contributed by atoms with Crippen LogP contribution in [0.25, 0.3) is 0 Å². The van der Waals surface area contributed by atoms with Crippen molar-refractivity contribution in [2.75, 3.05) is 19.6 Å². The monoisotopic (exact) mass is 387 g/mol. The lowest BCUT2D eigenvalue weighted by atomic mass is 9.85. The lowest BCUT2D eigenvalue weighted by Crippen LogP contribution is -2.41. The fourth-order valence-corrected chi connectivity index (χ4v) is 2.48. The summed E-state index contributed by atoms with van der Waals surface area (Å²) in [6.07, 6.45) is 3.79. The van der Waals surface area contributed by atoms with Crippen molar-refractivity contribution in [1.29, 1.82) is 0 Å². The second kappa shape index (κ2) is 7.86. The quantitative estimate of drug-likeness (QED) is 0.491. The molecule has 112 valence electrons. The minimum Gasteiger partial charge on any atom is -0.370 e. The lowest BCUT2D eigenvalue weighted by Gasteiger charge is -2.29. The van der Waals surface area contributed by atoms with Gasteiger partial charge in [0.2, 0.25) is 0 Å². The average Bonchev–Trinajstić information content (AvgIpc) is 2.47. The molecule has 0 amide bonds. The Hall–Kier alpha value is -0.780. The van der Waals surface area contributed by atoms with Crippen LogP contribution in [0.2, 0.25) is 0 Å². The number of aliphatic imine (C=N–C) groups is 1. The second-order valence-corrected chi connectivity index (χ2v) is 5.97. The molecule has 0 unspecified atom stereocenters. The number of hydrogen-bond acceptors (Lipinski definition) is 1. The van der Waals surface area contributed by atoms with Crippen molar-refractivity contribution in [3.8, 4) is 0 Å². The van der Waals surface area contributed by atoms with Crippen LogP contribution in [0.15, 0.2) is 35.3 Å². The summed E-state index contributed by atoms with van der Waals surface area (Å²) >= 11 is 0. The first-order chi connectivity index (χ1) is 9.09. The van der Waals surface area contributed by atoms with Gasteiger partial charge in [0.05, 0.1) is 6.54 Å². The van der Waals surface area contributed by atoms with Crippen molar-refractivity contribution in [3.05, 3.63) is 35.9 Å².